The van der Waals surface area contributed by atoms with E-state index in [2.05, 4.69) is 4.52 Å². The van der Waals surface area contributed by atoms with Gasteiger partial charge in [0.1, 0.15) is 0 Å². The molecule has 0 saturated heterocycles. The van der Waals surface area contributed by atoms with Crippen LogP contribution < -0.4 is 0 Å². The van der Waals surface area contributed by atoms with Crippen LogP contribution in [-0.2, 0) is 9.09 Å². The van der Waals surface area contributed by atoms with E-state index in [0.717, 1.165) is 7.11 Å². The average molecular weight is 138 g/mol. The molecule has 0 heterocycles. The third kappa shape index (κ3) is 10.9. The molecule has 0 aliphatic heterocycles. The SMILES string of the molecule is COP(=O)(O)O.[H-].[H-].[Mg+2]. The molecule has 0 saturated carbocycles. The van der Waals surface area contributed by atoms with E-state index in [1.54, 1.807) is 0 Å². The molecule has 0 amide bonds. The molecule has 0 aromatic carbocycles. The number of hydrogen-bond donors (Lipinski definition) is 2. The number of phosphoric acid groups is 1. The molecule has 42 valence electrons. The van der Waals surface area contributed by atoms with Crippen molar-refractivity contribution in [3.05, 3.63) is 0 Å². The minimum atomic E-state index is -4.15. The van der Waals surface area contributed by atoms with Gasteiger partial charge >= 0.3 is 30.9 Å². The van der Waals surface area contributed by atoms with Gasteiger partial charge in [0.15, 0.2) is 0 Å². The Morgan fingerprint density at radius 3 is 1.86 bits per heavy atom. The summed E-state index contributed by atoms with van der Waals surface area (Å²) < 4.78 is 13.1. The fourth-order valence-corrected chi connectivity index (χ4v) is 0. The van der Waals surface area contributed by atoms with Gasteiger partial charge in [-0.2, -0.15) is 0 Å². The summed E-state index contributed by atoms with van der Waals surface area (Å²) in [5.74, 6) is 0. The van der Waals surface area contributed by atoms with Crippen LogP contribution in [0.1, 0.15) is 2.85 Å². The van der Waals surface area contributed by atoms with Gasteiger partial charge in [0, 0.05) is 7.11 Å². The second-order valence-corrected chi connectivity index (χ2v) is 2.02. The molecule has 0 aromatic heterocycles. The van der Waals surface area contributed by atoms with E-state index >= 15 is 0 Å². The zero-order chi connectivity index (χ0) is 5.21. The van der Waals surface area contributed by atoms with Crippen molar-refractivity contribution in [3.8, 4) is 0 Å². The van der Waals surface area contributed by atoms with Crippen molar-refractivity contribution >= 4 is 30.9 Å². The standard InChI is InChI=1S/CH5O4P.Mg.2H/c1-5-6(2,3)4;;;/h1H3,(H2,2,3,4);;;/q;+2;2*-1. The van der Waals surface area contributed by atoms with Crippen LogP contribution in [0.5, 0.6) is 0 Å². The number of hydrogen-bond acceptors (Lipinski definition) is 2. The van der Waals surface area contributed by atoms with Gasteiger partial charge in [-0.25, -0.2) is 4.57 Å². The molecule has 0 unspecified atom stereocenters. The summed E-state index contributed by atoms with van der Waals surface area (Å²) >= 11 is 0. The van der Waals surface area contributed by atoms with Crippen LogP contribution in [0, 0.1) is 0 Å². The number of rotatable bonds is 1. The first-order valence-corrected chi connectivity index (χ1v) is 2.70. The van der Waals surface area contributed by atoms with Crippen LogP contribution in [0.3, 0.4) is 0 Å². The molecule has 0 atom stereocenters. The van der Waals surface area contributed by atoms with Gasteiger partial charge in [0.05, 0.1) is 0 Å². The molecule has 0 rings (SSSR count). The maximum Gasteiger partial charge on any atom is 2.00 e. The van der Waals surface area contributed by atoms with Gasteiger partial charge in [-0.1, -0.05) is 0 Å². The predicted octanol–water partition coefficient (Wildman–Crippen LogP) is -0.430. The minimum absolute atomic E-state index is 0. The molecule has 0 aromatic rings. The van der Waals surface area contributed by atoms with Crippen LogP contribution in [0.2, 0.25) is 0 Å². The first-order chi connectivity index (χ1) is 2.56. The molecule has 6 heteroatoms. The van der Waals surface area contributed by atoms with Gasteiger partial charge in [-0.05, 0) is 0 Å². The van der Waals surface area contributed by atoms with Crippen molar-refractivity contribution in [2.24, 2.45) is 0 Å². The Morgan fingerprint density at radius 1 is 1.71 bits per heavy atom. The first-order valence-electron chi connectivity index (χ1n) is 1.17. The first kappa shape index (κ1) is 10.8. The van der Waals surface area contributed by atoms with E-state index in [0.29, 0.717) is 0 Å². The van der Waals surface area contributed by atoms with E-state index in [9.17, 15) is 4.57 Å². The summed E-state index contributed by atoms with van der Waals surface area (Å²) in [5.41, 5.74) is 0. The molecule has 0 radical (unpaired) electrons. The second kappa shape index (κ2) is 3.83. The van der Waals surface area contributed by atoms with Gasteiger partial charge in [0.2, 0.25) is 0 Å². The summed E-state index contributed by atoms with van der Waals surface area (Å²) in [5, 5.41) is 0. The van der Waals surface area contributed by atoms with Crippen molar-refractivity contribution in [3.63, 3.8) is 0 Å². The van der Waals surface area contributed by atoms with Crippen LogP contribution in [0.25, 0.3) is 0 Å². The molecule has 0 fully saturated rings. The van der Waals surface area contributed by atoms with Crippen molar-refractivity contribution in [1.82, 2.24) is 0 Å². The Bertz CT molecular complexity index is 82.6. The molecular weight excluding hydrogens is 131 g/mol. The fraction of sp³-hybridized carbons (Fsp3) is 1.00. The minimum Gasteiger partial charge on any atom is -1.00 e. The van der Waals surface area contributed by atoms with Gasteiger partial charge in [0.25, 0.3) is 0 Å². The monoisotopic (exact) mass is 138 g/mol. The van der Waals surface area contributed by atoms with Crippen LogP contribution in [0.4, 0.5) is 0 Å². The number of phosphoric ester groups is 1. The molecule has 0 aliphatic rings. The van der Waals surface area contributed by atoms with E-state index in [4.69, 9.17) is 9.79 Å². The second-order valence-electron chi connectivity index (χ2n) is 0.673. The summed E-state index contributed by atoms with van der Waals surface area (Å²) in [6, 6.07) is 0. The molecular formula is CH7MgO4P. The van der Waals surface area contributed by atoms with Crippen molar-refractivity contribution in [1.29, 1.82) is 0 Å². The predicted molar refractivity (Wildman–Crippen MR) is 27.0 cm³/mol. The Morgan fingerprint density at radius 2 is 1.86 bits per heavy atom. The third-order valence-electron chi connectivity index (χ3n) is 0.238. The zero-order valence-electron chi connectivity index (χ0n) is 5.87. The van der Waals surface area contributed by atoms with E-state index < -0.39 is 7.82 Å². The molecule has 2 N–H and O–H groups in total. The van der Waals surface area contributed by atoms with E-state index in [-0.39, 0.29) is 25.9 Å². The van der Waals surface area contributed by atoms with Gasteiger partial charge in [-0.3, -0.25) is 4.52 Å². The molecule has 0 bridgehead atoms. The van der Waals surface area contributed by atoms with Gasteiger partial charge in [-0.15, -0.1) is 0 Å². The topological polar surface area (TPSA) is 66.8 Å². The maximum absolute atomic E-state index is 9.47. The zero-order valence-corrected chi connectivity index (χ0v) is 6.17. The molecule has 7 heavy (non-hydrogen) atoms. The van der Waals surface area contributed by atoms with Crippen molar-refractivity contribution in [2.75, 3.05) is 7.11 Å². The summed E-state index contributed by atoms with van der Waals surface area (Å²) in [4.78, 5) is 15.4. The average Bonchev–Trinajstić information content (AvgIpc) is 1.35. The van der Waals surface area contributed by atoms with Crippen LogP contribution in [-0.4, -0.2) is 39.9 Å². The van der Waals surface area contributed by atoms with E-state index in [1.165, 1.54) is 0 Å². The largest absolute Gasteiger partial charge is 2.00 e. The Hall–Kier alpha value is 0.876. The quantitative estimate of drug-likeness (QED) is 0.381. The third-order valence-corrected chi connectivity index (χ3v) is 0.714. The molecule has 4 nitrogen and oxygen atoms in total. The van der Waals surface area contributed by atoms with Crippen LogP contribution >= 0.6 is 7.82 Å². The Labute approximate surface area is 60.2 Å². The molecule has 0 aliphatic carbocycles. The summed E-state index contributed by atoms with van der Waals surface area (Å²) in [6.45, 7) is 0. The van der Waals surface area contributed by atoms with E-state index in [1.807, 2.05) is 0 Å². The maximum atomic E-state index is 9.47. The fourth-order valence-electron chi connectivity index (χ4n) is 0. The van der Waals surface area contributed by atoms with Crippen LogP contribution in [0.15, 0.2) is 0 Å². The smallest absolute Gasteiger partial charge is 1.00 e. The normalized spacial score (nSPS) is 10.1. The van der Waals surface area contributed by atoms with Gasteiger partial charge < -0.3 is 12.6 Å². The Kier molecular flexibility index (Phi) is 5.90. The van der Waals surface area contributed by atoms with Crippen molar-refractivity contribution < 1.29 is 21.7 Å². The molecule has 0 spiro atoms. The summed E-state index contributed by atoms with van der Waals surface area (Å²) in [6.07, 6.45) is 0. The summed E-state index contributed by atoms with van der Waals surface area (Å²) in [7, 11) is -3.20. The van der Waals surface area contributed by atoms with Crippen molar-refractivity contribution in [2.45, 2.75) is 0 Å². The Balaban J connectivity index is -0.0000000417.